The number of ether oxygens (including phenoxy) is 2. The molecule has 6 nitrogen and oxygen atoms in total. The zero-order valence-electron chi connectivity index (χ0n) is 18.4. The fraction of sp³-hybridized carbons (Fsp3) is 0.565. The molecule has 0 fully saturated rings. The first-order valence-corrected chi connectivity index (χ1v) is 10.3. The molecule has 1 heterocycles. The second-order valence-electron chi connectivity index (χ2n) is 8.72. The second-order valence-corrected chi connectivity index (χ2v) is 8.72. The molecule has 1 atom stereocenters. The van der Waals surface area contributed by atoms with Crippen LogP contribution in [0.15, 0.2) is 24.3 Å². The van der Waals surface area contributed by atoms with Crippen molar-refractivity contribution in [1.29, 1.82) is 0 Å². The third-order valence-electron chi connectivity index (χ3n) is 4.54. The lowest BCUT2D eigenvalue weighted by atomic mass is 9.98. The standard InChI is InChI=1S/C23H34N2O4/c1-7-28-21(26)20(25-22(27)29-23(4,5)6)14-17-16-10-8-9-11-18(16)24-19(17)13-12-15(2)3/h8-11,15,20,24H,7,12-14H2,1-6H3,(H,25,27)/t20-/m0/s1. The van der Waals surface area contributed by atoms with Crippen LogP contribution in [0.25, 0.3) is 10.9 Å². The van der Waals surface area contributed by atoms with Crippen LogP contribution < -0.4 is 5.32 Å². The first kappa shape index (κ1) is 22.8. The van der Waals surface area contributed by atoms with Crippen LogP contribution >= 0.6 is 0 Å². The highest BCUT2D eigenvalue weighted by atomic mass is 16.6. The summed E-state index contributed by atoms with van der Waals surface area (Å²) in [6, 6.07) is 7.21. The van der Waals surface area contributed by atoms with Gasteiger partial charge in [0.05, 0.1) is 6.61 Å². The third-order valence-corrected chi connectivity index (χ3v) is 4.54. The molecule has 0 unspecified atom stereocenters. The number of benzene rings is 1. The van der Waals surface area contributed by atoms with Crippen molar-refractivity contribution in [2.45, 2.75) is 72.4 Å². The van der Waals surface area contributed by atoms with Crippen molar-refractivity contribution in [3.05, 3.63) is 35.5 Å². The summed E-state index contributed by atoms with van der Waals surface area (Å²) in [5, 5.41) is 3.77. The lowest BCUT2D eigenvalue weighted by Crippen LogP contribution is -2.45. The Balaban J connectivity index is 2.33. The Hall–Kier alpha value is -2.50. The van der Waals surface area contributed by atoms with E-state index in [4.69, 9.17) is 9.47 Å². The van der Waals surface area contributed by atoms with Crippen LogP contribution in [-0.2, 0) is 27.1 Å². The Bertz CT molecular complexity index is 833. The predicted molar refractivity (Wildman–Crippen MR) is 115 cm³/mol. The van der Waals surface area contributed by atoms with Gasteiger partial charge in [-0.2, -0.15) is 0 Å². The largest absolute Gasteiger partial charge is 0.464 e. The van der Waals surface area contributed by atoms with Crippen molar-refractivity contribution in [3.8, 4) is 0 Å². The average Bonchev–Trinajstić information content (AvgIpc) is 2.95. The molecule has 160 valence electrons. The summed E-state index contributed by atoms with van der Waals surface area (Å²) in [5.41, 5.74) is 2.52. The van der Waals surface area contributed by atoms with Gasteiger partial charge in [0, 0.05) is 23.0 Å². The van der Waals surface area contributed by atoms with Gasteiger partial charge in [-0.25, -0.2) is 9.59 Å². The number of carbonyl (C=O) groups excluding carboxylic acids is 2. The molecular formula is C23H34N2O4. The summed E-state index contributed by atoms with van der Waals surface area (Å²) < 4.78 is 10.6. The lowest BCUT2D eigenvalue weighted by Gasteiger charge is -2.23. The van der Waals surface area contributed by atoms with Crippen molar-refractivity contribution in [2.75, 3.05) is 6.61 Å². The number of hydrogen-bond donors (Lipinski definition) is 2. The Morgan fingerprint density at radius 2 is 1.86 bits per heavy atom. The molecule has 0 saturated heterocycles. The van der Waals surface area contributed by atoms with E-state index in [2.05, 4.69) is 24.1 Å². The highest BCUT2D eigenvalue weighted by molar-refractivity contribution is 5.87. The molecule has 0 radical (unpaired) electrons. The smallest absolute Gasteiger partial charge is 0.408 e. The Morgan fingerprint density at radius 1 is 1.17 bits per heavy atom. The molecule has 0 aliphatic carbocycles. The molecule has 0 bridgehead atoms. The molecule has 0 spiro atoms. The van der Waals surface area contributed by atoms with E-state index in [0.29, 0.717) is 12.3 Å². The van der Waals surface area contributed by atoms with E-state index < -0.39 is 23.7 Å². The molecule has 6 heteroatoms. The summed E-state index contributed by atoms with van der Waals surface area (Å²) >= 11 is 0. The maximum Gasteiger partial charge on any atom is 0.408 e. The SMILES string of the molecule is CCOC(=O)[C@H](Cc1c(CCC(C)C)[nH]c2ccccc12)NC(=O)OC(C)(C)C. The molecular weight excluding hydrogens is 368 g/mol. The number of alkyl carbamates (subject to hydrolysis) is 1. The molecule has 1 amide bonds. The van der Waals surface area contributed by atoms with Gasteiger partial charge in [0.25, 0.3) is 0 Å². The van der Waals surface area contributed by atoms with Gasteiger partial charge in [0.2, 0.25) is 0 Å². The van der Waals surface area contributed by atoms with Crippen molar-refractivity contribution in [3.63, 3.8) is 0 Å². The van der Waals surface area contributed by atoms with Gasteiger partial charge < -0.3 is 19.8 Å². The van der Waals surface area contributed by atoms with Gasteiger partial charge in [-0.1, -0.05) is 32.0 Å². The maximum absolute atomic E-state index is 12.6. The number of hydrogen-bond acceptors (Lipinski definition) is 4. The van der Waals surface area contributed by atoms with E-state index >= 15 is 0 Å². The quantitative estimate of drug-likeness (QED) is 0.624. The Morgan fingerprint density at radius 3 is 2.48 bits per heavy atom. The van der Waals surface area contributed by atoms with Gasteiger partial charge >= 0.3 is 12.1 Å². The summed E-state index contributed by atoms with van der Waals surface area (Å²) in [6.07, 6.45) is 1.63. The number of nitrogens with one attached hydrogen (secondary N) is 2. The van der Waals surface area contributed by atoms with Crippen LogP contribution in [-0.4, -0.2) is 35.3 Å². The van der Waals surface area contributed by atoms with Crippen LogP contribution in [0.3, 0.4) is 0 Å². The van der Waals surface area contributed by atoms with Gasteiger partial charge in [0.15, 0.2) is 0 Å². The van der Waals surface area contributed by atoms with Gasteiger partial charge in [-0.15, -0.1) is 0 Å². The zero-order valence-corrected chi connectivity index (χ0v) is 18.4. The number of rotatable bonds is 8. The molecule has 0 aliphatic heterocycles. The van der Waals surface area contributed by atoms with E-state index in [1.807, 2.05) is 24.3 Å². The van der Waals surface area contributed by atoms with Gasteiger partial charge in [0.1, 0.15) is 11.6 Å². The molecule has 2 N–H and O–H groups in total. The van der Waals surface area contributed by atoms with Gasteiger partial charge in [-0.05, 0) is 58.1 Å². The van der Waals surface area contributed by atoms with Crippen LogP contribution in [0.4, 0.5) is 4.79 Å². The minimum atomic E-state index is -0.818. The number of esters is 1. The van der Waals surface area contributed by atoms with E-state index in [9.17, 15) is 9.59 Å². The summed E-state index contributed by atoms with van der Waals surface area (Å²) in [6.45, 7) is 11.7. The van der Waals surface area contributed by atoms with E-state index in [0.717, 1.165) is 35.0 Å². The minimum absolute atomic E-state index is 0.249. The highest BCUT2D eigenvalue weighted by Gasteiger charge is 2.27. The number of fused-ring (bicyclic) bond motifs is 1. The summed E-state index contributed by atoms with van der Waals surface area (Å²) in [7, 11) is 0. The fourth-order valence-electron chi connectivity index (χ4n) is 3.23. The van der Waals surface area contributed by atoms with Gasteiger partial charge in [-0.3, -0.25) is 0 Å². The number of amides is 1. The molecule has 2 rings (SSSR count). The Labute approximate surface area is 173 Å². The predicted octanol–water partition coefficient (Wildman–Crippen LogP) is 4.76. The number of aryl methyl sites for hydroxylation is 1. The fourth-order valence-corrected chi connectivity index (χ4v) is 3.23. The van der Waals surface area contributed by atoms with Crippen molar-refractivity contribution in [1.82, 2.24) is 10.3 Å². The second kappa shape index (κ2) is 9.81. The topological polar surface area (TPSA) is 80.4 Å². The van der Waals surface area contributed by atoms with E-state index in [-0.39, 0.29) is 6.61 Å². The van der Waals surface area contributed by atoms with E-state index in [1.165, 1.54) is 0 Å². The molecule has 1 aromatic heterocycles. The molecule has 1 aromatic carbocycles. The van der Waals surface area contributed by atoms with Crippen molar-refractivity contribution < 1.29 is 19.1 Å². The number of aromatic amines is 1. The number of carbonyl (C=O) groups is 2. The molecule has 2 aromatic rings. The normalized spacial score (nSPS) is 12.8. The monoisotopic (exact) mass is 402 g/mol. The molecule has 0 aliphatic rings. The minimum Gasteiger partial charge on any atom is -0.464 e. The zero-order chi connectivity index (χ0) is 21.6. The number of H-pyrrole nitrogens is 1. The average molecular weight is 403 g/mol. The van der Waals surface area contributed by atoms with Crippen LogP contribution in [0.2, 0.25) is 0 Å². The van der Waals surface area contributed by atoms with Crippen molar-refractivity contribution in [2.24, 2.45) is 5.92 Å². The third kappa shape index (κ3) is 6.80. The molecule has 29 heavy (non-hydrogen) atoms. The number of para-hydroxylation sites is 1. The lowest BCUT2D eigenvalue weighted by molar-refractivity contribution is -0.145. The molecule has 0 saturated carbocycles. The first-order chi connectivity index (χ1) is 13.6. The summed E-state index contributed by atoms with van der Waals surface area (Å²) in [5.74, 6) is 0.105. The highest BCUT2D eigenvalue weighted by Crippen LogP contribution is 2.26. The van der Waals surface area contributed by atoms with Crippen molar-refractivity contribution >= 4 is 23.0 Å². The Kier molecular flexibility index (Phi) is 7.71. The number of aromatic nitrogens is 1. The first-order valence-electron chi connectivity index (χ1n) is 10.3. The van der Waals surface area contributed by atoms with Crippen LogP contribution in [0.1, 0.15) is 59.2 Å². The summed E-state index contributed by atoms with van der Waals surface area (Å²) in [4.78, 5) is 28.4. The van der Waals surface area contributed by atoms with Crippen LogP contribution in [0.5, 0.6) is 0 Å². The maximum atomic E-state index is 12.6. The van der Waals surface area contributed by atoms with E-state index in [1.54, 1.807) is 27.7 Å². The van der Waals surface area contributed by atoms with Crippen LogP contribution in [0, 0.1) is 5.92 Å².